The first kappa shape index (κ1) is 12.9. The summed E-state index contributed by atoms with van der Waals surface area (Å²) in [5.41, 5.74) is 7.24. The lowest BCUT2D eigenvalue weighted by Crippen LogP contribution is -2.07. The molecule has 2 aromatic rings. The number of aryl methyl sites for hydroxylation is 1. The van der Waals surface area contributed by atoms with Crippen molar-refractivity contribution in [3.63, 3.8) is 0 Å². The Labute approximate surface area is 110 Å². The van der Waals surface area contributed by atoms with E-state index in [4.69, 9.17) is 17.3 Å². The Morgan fingerprint density at radius 2 is 2.00 bits per heavy atom. The largest absolute Gasteiger partial charge is 0.383 e. The first-order chi connectivity index (χ1) is 8.40. The summed E-state index contributed by atoms with van der Waals surface area (Å²) in [5.74, 6) is 0.940. The van der Waals surface area contributed by atoms with Crippen LogP contribution < -0.4 is 5.73 Å². The number of nitrogens with zero attached hydrogens (tertiary/aromatic N) is 2. The van der Waals surface area contributed by atoms with Crippen LogP contribution >= 0.6 is 11.6 Å². The highest BCUT2D eigenvalue weighted by atomic mass is 35.5. The number of nitrogen functional groups attached to an aromatic ring is 1. The van der Waals surface area contributed by atoms with Crippen molar-refractivity contribution in [3.05, 3.63) is 34.9 Å². The van der Waals surface area contributed by atoms with Crippen LogP contribution in [0.15, 0.2) is 18.2 Å². The van der Waals surface area contributed by atoms with E-state index in [1.165, 1.54) is 12.1 Å². The van der Waals surface area contributed by atoms with Crippen LogP contribution in [-0.2, 0) is 0 Å². The second-order valence-corrected chi connectivity index (χ2v) is 4.95. The maximum absolute atomic E-state index is 13.4. The molecule has 0 amide bonds. The molecule has 0 fully saturated rings. The van der Waals surface area contributed by atoms with Crippen molar-refractivity contribution < 1.29 is 4.39 Å². The zero-order chi connectivity index (χ0) is 13.4. The normalized spacial score (nSPS) is 11.2. The molecule has 1 aromatic heterocycles. The van der Waals surface area contributed by atoms with E-state index < -0.39 is 5.82 Å². The summed E-state index contributed by atoms with van der Waals surface area (Å²) >= 11 is 5.85. The van der Waals surface area contributed by atoms with Gasteiger partial charge in [0.15, 0.2) is 0 Å². The molecule has 1 heterocycles. The van der Waals surface area contributed by atoms with Crippen molar-refractivity contribution in [2.45, 2.75) is 26.8 Å². The number of aromatic nitrogens is 2. The third-order valence-corrected chi connectivity index (χ3v) is 3.00. The molecule has 0 radical (unpaired) electrons. The van der Waals surface area contributed by atoms with Gasteiger partial charge in [0.2, 0.25) is 0 Å². The van der Waals surface area contributed by atoms with Gasteiger partial charge in [-0.25, -0.2) is 9.37 Å². The fourth-order valence-electron chi connectivity index (χ4n) is 2.12. The fourth-order valence-corrected chi connectivity index (χ4v) is 2.34. The van der Waals surface area contributed by atoms with Crippen molar-refractivity contribution in [1.82, 2.24) is 9.55 Å². The topological polar surface area (TPSA) is 43.8 Å². The number of hydrogen-bond acceptors (Lipinski definition) is 2. The zero-order valence-electron chi connectivity index (χ0n) is 10.5. The maximum atomic E-state index is 13.4. The van der Waals surface area contributed by atoms with Crippen molar-refractivity contribution in [3.8, 4) is 11.3 Å². The van der Waals surface area contributed by atoms with Gasteiger partial charge in [0.05, 0.1) is 0 Å². The Morgan fingerprint density at radius 3 is 2.50 bits per heavy atom. The SMILES string of the molecule is Cc1nc(-c2cc(F)cc(Cl)c2)c(N)n1C(C)C. The lowest BCUT2D eigenvalue weighted by molar-refractivity contribution is 0.590. The Kier molecular flexibility index (Phi) is 3.30. The monoisotopic (exact) mass is 267 g/mol. The van der Waals surface area contributed by atoms with Gasteiger partial charge in [-0.2, -0.15) is 0 Å². The molecule has 2 N–H and O–H groups in total. The van der Waals surface area contributed by atoms with Crippen LogP contribution in [0.5, 0.6) is 0 Å². The fraction of sp³-hybridized carbons (Fsp3) is 0.308. The minimum absolute atomic E-state index is 0.204. The number of nitrogens with two attached hydrogens (primary N) is 1. The first-order valence-corrected chi connectivity index (χ1v) is 6.08. The quantitative estimate of drug-likeness (QED) is 0.899. The second kappa shape index (κ2) is 4.61. The summed E-state index contributed by atoms with van der Waals surface area (Å²) in [4.78, 5) is 4.40. The van der Waals surface area contributed by atoms with Gasteiger partial charge >= 0.3 is 0 Å². The van der Waals surface area contributed by atoms with E-state index in [0.29, 0.717) is 22.1 Å². The molecule has 1 aromatic carbocycles. The van der Waals surface area contributed by atoms with Crippen LogP contribution in [0.3, 0.4) is 0 Å². The molecular formula is C13H15ClFN3. The Balaban J connectivity index is 2.61. The van der Waals surface area contributed by atoms with Gasteiger partial charge in [0, 0.05) is 16.6 Å². The average molecular weight is 268 g/mol. The van der Waals surface area contributed by atoms with Gasteiger partial charge in [0.25, 0.3) is 0 Å². The van der Waals surface area contributed by atoms with Crippen LogP contribution in [0.1, 0.15) is 25.7 Å². The molecule has 2 rings (SSSR count). The van der Waals surface area contributed by atoms with Crippen LogP contribution in [-0.4, -0.2) is 9.55 Å². The molecular weight excluding hydrogens is 253 g/mol. The van der Waals surface area contributed by atoms with Crippen molar-refractivity contribution in [1.29, 1.82) is 0 Å². The number of hydrogen-bond donors (Lipinski definition) is 1. The molecule has 18 heavy (non-hydrogen) atoms. The molecule has 0 saturated carbocycles. The Hall–Kier alpha value is -1.55. The molecule has 0 saturated heterocycles. The molecule has 96 valence electrons. The lowest BCUT2D eigenvalue weighted by atomic mass is 10.1. The molecule has 0 aliphatic heterocycles. The molecule has 0 atom stereocenters. The van der Waals surface area contributed by atoms with E-state index in [-0.39, 0.29) is 6.04 Å². The van der Waals surface area contributed by atoms with Crippen LogP contribution in [0.2, 0.25) is 5.02 Å². The summed E-state index contributed by atoms with van der Waals surface area (Å²) in [6.45, 7) is 5.92. The van der Waals surface area contributed by atoms with Gasteiger partial charge in [-0.15, -0.1) is 0 Å². The highest BCUT2D eigenvalue weighted by molar-refractivity contribution is 6.30. The predicted molar refractivity (Wildman–Crippen MR) is 72.2 cm³/mol. The van der Waals surface area contributed by atoms with E-state index in [9.17, 15) is 4.39 Å². The second-order valence-electron chi connectivity index (χ2n) is 4.51. The van der Waals surface area contributed by atoms with Crippen LogP contribution in [0.4, 0.5) is 10.2 Å². The molecule has 0 unspecified atom stereocenters. The van der Waals surface area contributed by atoms with Crippen LogP contribution in [0.25, 0.3) is 11.3 Å². The summed E-state index contributed by atoms with van der Waals surface area (Å²) in [7, 11) is 0. The van der Waals surface area contributed by atoms with E-state index in [2.05, 4.69) is 4.98 Å². The number of halogens is 2. The smallest absolute Gasteiger partial charge is 0.131 e. The summed E-state index contributed by atoms with van der Waals surface area (Å²) < 4.78 is 15.3. The van der Waals surface area contributed by atoms with Gasteiger partial charge in [-0.1, -0.05) is 11.6 Å². The third-order valence-electron chi connectivity index (χ3n) is 2.78. The lowest BCUT2D eigenvalue weighted by Gasteiger charge is -2.11. The number of anilines is 1. The molecule has 5 heteroatoms. The molecule has 0 aliphatic carbocycles. The van der Waals surface area contributed by atoms with Gasteiger partial charge < -0.3 is 10.3 Å². The number of benzene rings is 1. The Morgan fingerprint density at radius 1 is 1.33 bits per heavy atom. The van der Waals surface area contributed by atoms with E-state index in [0.717, 1.165) is 5.82 Å². The summed E-state index contributed by atoms with van der Waals surface area (Å²) in [6.07, 6.45) is 0. The Bertz CT molecular complexity index is 570. The third kappa shape index (κ3) is 2.20. The van der Waals surface area contributed by atoms with Gasteiger partial charge in [-0.05, 0) is 39.0 Å². The highest BCUT2D eigenvalue weighted by Gasteiger charge is 2.16. The van der Waals surface area contributed by atoms with E-state index in [1.54, 1.807) is 6.07 Å². The summed E-state index contributed by atoms with van der Waals surface area (Å²) in [6, 6.07) is 4.51. The van der Waals surface area contributed by atoms with Crippen molar-refractivity contribution in [2.75, 3.05) is 5.73 Å². The highest BCUT2D eigenvalue weighted by Crippen LogP contribution is 2.30. The number of rotatable bonds is 2. The molecule has 3 nitrogen and oxygen atoms in total. The first-order valence-electron chi connectivity index (χ1n) is 5.71. The van der Waals surface area contributed by atoms with Crippen molar-refractivity contribution in [2.24, 2.45) is 0 Å². The maximum Gasteiger partial charge on any atom is 0.131 e. The minimum Gasteiger partial charge on any atom is -0.383 e. The predicted octanol–water partition coefficient (Wildman–Crippen LogP) is 3.81. The standard InChI is InChI=1S/C13H15ClFN3/c1-7(2)18-8(3)17-12(13(18)16)9-4-10(14)6-11(15)5-9/h4-7H,16H2,1-3H3. The molecule has 0 spiro atoms. The van der Waals surface area contributed by atoms with E-state index in [1.807, 2.05) is 25.3 Å². The van der Waals surface area contributed by atoms with E-state index >= 15 is 0 Å². The van der Waals surface area contributed by atoms with Crippen molar-refractivity contribution >= 4 is 17.4 Å². The van der Waals surface area contributed by atoms with Gasteiger partial charge in [-0.3, -0.25) is 0 Å². The van der Waals surface area contributed by atoms with Crippen LogP contribution in [0, 0.1) is 12.7 Å². The minimum atomic E-state index is -0.395. The zero-order valence-corrected chi connectivity index (χ0v) is 11.3. The molecule has 0 aliphatic rings. The summed E-state index contributed by atoms with van der Waals surface area (Å²) in [5, 5.41) is 0.334. The average Bonchev–Trinajstić information content (AvgIpc) is 2.52. The number of imidazole rings is 1. The van der Waals surface area contributed by atoms with Gasteiger partial charge in [0.1, 0.15) is 23.2 Å². The molecule has 0 bridgehead atoms.